The van der Waals surface area contributed by atoms with Crippen LogP contribution in [0.5, 0.6) is 0 Å². The van der Waals surface area contributed by atoms with Crippen molar-refractivity contribution in [3.63, 3.8) is 0 Å². The lowest BCUT2D eigenvalue weighted by atomic mass is 10.0. The van der Waals surface area contributed by atoms with Gasteiger partial charge in [-0.25, -0.2) is 0 Å². The van der Waals surface area contributed by atoms with Crippen LogP contribution in [0.3, 0.4) is 0 Å². The molecular formula is C12H20N2OS. The zero-order valence-electron chi connectivity index (χ0n) is 9.56. The van der Waals surface area contributed by atoms with Crippen molar-refractivity contribution in [2.45, 2.75) is 44.8 Å². The molecule has 90 valence electrons. The van der Waals surface area contributed by atoms with E-state index in [1.54, 1.807) is 11.3 Å². The Hall–Kier alpha value is -0.450. The molecule has 1 aliphatic carbocycles. The van der Waals surface area contributed by atoms with E-state index in [0.717, 1.165) is 18.9 Å². The van der Waals surface area contributed by atoms with Crippen LogP contribution in [-0.2, 0) is 6.54 Å². The van der Waals surface area contributed by atoms with E-state index in [-0.39, 0.29) is 6.10 Å². The predicted molar refractivity (Wildman–Crippen MR) is 66.4 cm³/mol. The van der Waals surface area contributed by atoms with Crippen molar-refractivity contribution in [3.8, 4) is 0 Å². The van der Waals surface area contributed by atoms with Crippen molar-refractivity contribution >= 4 is 11.3 Å². The third-order valence-corrected chi connectivity index (χ3v) is 4.02. The Balaban J connectivity index is 1.58. The Bertz CT molecular complexity index is 283. The van der Waals surface area contributed by atoms with Crippen LogP contribution in [0.15, 0.2) is 11.7 Å². The lowest BCUT2D eigenvalue weighted by Gasteiger charge is -2.15. The molecule has 0 aromatic carbocycles. The minimum absolute atomic E-state index is 0.184. The van der Waals surface area contributed by atoms with Crippen LogP contribution in [-0.4, -0.2) is 22.7 Å². The molecule has 0 radical (unpaired) electrons. The van der Waals surface area contributed by atoms with Gasteiger partial charge in [0.25, 0.3) is 0 Å². The van der Waals surface area contributed by atoms with Gasteiger partial charge in [0, 0.05) is 24.2 Å². The molecule has 1 aromatic heterocycles. The van der Waals surface area contributed by atoms with Gasteiger partial charge in [-0.3, -0.25) is 4.98 Å². The van der Waals surface area contributed by atoms with Gasteiger partial charge in [0.2, 0.25) is 0 Å². The van der Waals surface area contributed by atoms with E-state index in [1.165, 1.54) is 30.6 Å². The van der Waals surface area contributed by atoms with E-state index in [4.69, 9.17) is 0 Å². The first-order chi connectivity index (χ1) is 7.84. The van der Waals surface area contributed by atoms with E-state index >= 15 is 0 Å². The van der Waals surface area contributed by atoms with Crippen LogP contribution in [0.2, 0.25) is 0 Å². The van der Waals surface area contributed by atoms with Gasteiger partial charge in [0.1, 0.15) is 0 Å². The standard InChI is InChI=1S/C12H20N2OS/c15-11(5-10-3-1-2-4-10)6-13-7-12-8-14-9-16-12/h8-11,13,15H,1-7H2. The van der Waals surface area contributed by atoms with E-state index in [0.29, 0.717) is 6.54 Å². The largest absolute Gasteiger partial charge is 0.392 e. The monoisotopic (exact) mass is 240 g/mol. The van der Waals surface area contributed by atoms with Gasteiger partial charge < -0.3 is 10.4 Å². The van der Waals surface area contributed by atoms with Crippen molar-refractivity contribution in [2.24, 2.45) is 5.92 Å². The maximum absolute atomic E-state index is 9.86. The van der Waals surface area contributed by atoms with Gasteiger partial charge in [-0.2, -0.15) is 0 Å². The summed E-state index contributed by atoms with van der Waals surface area (Å²) < 4.78 is 0. The summed E-state index contributed by atoms with van der Waals surface area (Å²) in [7, 11) is 0. The number of hydrogen-bond acceptors (Lipinski definition) is 4. The van der Waals surface area contributed by atoms with Crippen LogP contribution in [0, 0.1) is 5.92 Å². The van der Waals surface area contributed by atoms with Crippen LogP contribution >= 0.6 is 11.3 Å². The second kappa shape index (κ2) is 6.33. The molecule has 1 unspecified atom stereocenters. The number of nitrogens with zero attached hydrogens (tertiary/aromatic N) is 1. The molecule has 1 aromatic rings. The summed E-state index contributed by atoms with van der Waals surface area (Å²) in [4.78, 5) is 5.25. The molecule has 0 bridgehead atoms. The first-order valence-corrected chi connectivity index (χ1v) is 6.98. The van der Waals surface area contributed by atoms with E-state index < -0.39 is 0 Å². The molecule has 2 N–H and O–H groups in total. The molecule has 1 saturated carbocycles. The van der Waals surface area contributed by atoms with Crippen molar-refractivity contribution in [1.29, 1.82) is 0 Å². The van der Waals surface area contributed by atoms with Gasteiger partial charge in [0.05, 0.1) is 11.6 Å². The molecule has 1 fully saturated rings. The van der Waals surface area contributed by atoms with E-state index in [1.807, 2.05) is 11.7 Å². The van der Waals surface area contributed by atoms with Gasteiger partial charge in [0.15, 0.2) is 0 Å². The number of nitrogens with one attached hydrogen (secondary N) is 1. The Labute approximate surface area is 101 Å². The first kappa shape index (κ1) is 12.0. The average molecular weight is 240 g/mol. The zero-order valence-corrected chi connectivity index (χ0v) is 10.4. The fraction of sp³-hybridized carbons (Fsp3) is 0.750. The molecule has 0 amide bonds. The first-order valence-electron chi connectivity index (χ1n) is 6.10. The number of hydrogen-bond donors (Lipinski definition) is 2. The zero-order chi connectivity index (χ0) is 11.2. The number of rotatable bonds is 6. The maximum Gasteiger partial charge on any atom is 0.0794 e. The minimum Gasteiger partial charge on any atom is -0.392 e. The van der Waals surface area contributed by atoms with E-state index in [9.17, 15) is 5.11 Å². The second-order valence-electron chi connectivity index (χ2n) is 4.64. The molecule has 0 saturated heterocycles. The van der Waals surface area contributed by atoms with Crippen LogP contribution in [0.4, 0.5) is 0 Å². The molecule has 1 heterocycles. The number of aromatic nitrogens is 1. The summed E-state index contributed by atoms with van der Waals surface area (Å²) in [6.07, 6.45) is 7.99. The lowest BCUT2D eigenvalue weighted by molar-refractivity contribution is 0.140. The molecule has 4 heteroatoms. The fourth-order valence-electron chi connectivity index (χ4n) is 2.41. The fourth-order valence-corrected chi connectivity index (χ4v) is 2.97. The van der Waals surface area contributed by atoms with Crippen molar-refractivity contribution in [1.82, 2.24) is 10.3 Å². The Morgan fingerprint density at radius 3 is 3.00 bits per heavy atom. The van der Waals surface area contributed by atoms with Gasteiger partial charge >= 0.3 is 0 Å². The molecule has 16 heavy (non-hydrogen) atoms. The van der Waals surface area contributed by atoms with Crippen LogP contribution in [0.1, 0.15) is 37.0 Å². The molecular weight excluding hydrogens is 220 g/mol. The molecule has 2 rings (SSSR count). The highest BCUT2D eigenvalue weighted by molar-refractivity contribution is 7.09. The van der Waals surface area contributed by atoms with Gasteiger partial charge in [-0.15, -0.1) is 11.3 Å². The highest BCUT2D eigenvalue weighted by atomic mass is 32.1. The van der Waals surface area contributed by atoms with Gasteiger partial charge in [-0.05, 0) is 12.3 Å². The van der Waals surface area contributed by atoms with Crippen LogP contribution in [0.25, 0.3) is 0 Å². The Morgan fingerprint density at radius 1 is 1.50 bits per heavy atom. The summed E-state index contributed by atoms with van der Waals surface area (Å²) in [6, 6.07) is 0. The molecule has 0 spiro atoms. The molecule has 0 aliphatic heterocycles. The maximum atomic E-state index is 9.86. The summed E-state index contributed by atoms with van der Waals surface area (Å²) in [5.74, 6) is 0.764. The third-order valence-electron chi connectivity index (χ3n) is 3.24. The summed E-state index contributed by atoms with van der Waals surface area (Å²) in [6.45, 7) is 1.53. The quantitative estimate of drug-likeness (QED) is 0.801. The van der Waals surface area contributed by atoms with Crippen molar-refractivity contribution < 1.29 is 5.11 Å². The minimum atomic E-state index is -0.184. The number of aliphatic hydroxyl groups excluding tert-OH is 1. The molecule has 3 nitrogen and oxygen atoms in total. The second-order valence-corrected chi connectivity index (χ2v) is 5.61. The number of aliphatic hydroxyl groups is 1. The predicted octanol–water partition coefficient (Wildman–Crippen LogP) is 2.17. The molecule has 1 aliphatic rings. The molecule has 1 atom stereocenters. The summed E-state index contributed by atoms with van der Waals surface area (Å²) in [5.41, 5.74) is 1.84. The Morgan fingerprint density at radius 2 is 2.31 bits per heavy atom. The highest BCUT2D eigenvalue weighted by Gasteiger charge is 2.18. The van der Waals surface area contributed by atoms with Crippen molar-refractivity contribution in [3.05, 3.63) is 16.6 Å². The smallest absolute Gasteiger partial charge is 0.0794 e. The lowest BCUT2D eigenvalue weighted by Crippen LogP contribution is -2.27. The van der Waals surface area contributed by atoms with Crippen molar-refractivity contribution in [2.75, 3.05) is 6.54 Å². The summed E-state index contributed by atoms with van der Waals surface area (Å²) in [5, 5.41) is 13.1. The summed E-state index contributed by atoms with van der Waals surface area (Å²) >= 11 is 1.65. The number of thiazole rings is 1. The highest BCUT2D eigenvalue weighted by Crippen LogP contribution is 2.28. The van der Waals surface area contributed by atoms with Gasteiger partial charge in [-0.1, -0.05) is 25.7 Å². The normalized spacial score (nSPS) is 19.1. The topological polar surface area (TPSA) is 45.1 Å². The third kappa shape index (κ3) is 3.85. The SMILES string of the molecule is OC(CNCc1cncs1)CC1CCCC1. The van der Waals surface area contributed by atoms with Crippen LogP contribution < -0.4 is 5.32 Å². The average Bonchev–Trinajstić information content (AvgIpc) is 2.90. The van der Waals surface area contributed by atoms with E-state index in [2.05, 4.69) is 10.3 Å². The Kier molecular flexibility index (Phi) is 4.75.